The average molecular weight is 266 g/mol. The van der Waals surface area contributed by atoms with Crippen LogP contribution in [0.3, 0.4) is 0 Å². The topological polar surface area (TPSA) is 52.0 Å². The van der Waals surface area contributed by atoms with E-state index in [1.165, 1.54) is 0 Å². The molecule has 1 heterocycles. The quantitative estimate of drug-likeness (QED) is 0.868. The van der Waals surface area contributed by atoms with Crippen LogP contribution in [0.4, 0.5) is 17.3 Å². The van der Waals surface area contributed by atoms with Crippen molar-refractivity contribution in [1.82, 2.24) is 4.98 Å². The molecule has 0 spiro atoms. The summed E-state index contributed by atoms with van der Waals surface area (Å²) in [5.41, 5.74) is 1.05. The third-order valence-electron chi connectivity index (χ3n) is 2.88. The van der Waals surface area contributed by atoms with Crippen LogP contribution in [0.2, 0.25) is 0 Å². The molecular formula is C16H18N4. The van der Waals surface area contributed by atoms with E-state index in [0.29, 0.717) is 13.0 Å². The van der Waals surface area contributed by atoms with Gasteiger partial charge in [0, 0.05) is 18.8 Å². The first-order valence-electron chi connectivity index (χ1n) is 6.75. The Morgan fingerprint density at radius 1 is 1.15 bits per heavy atom. The van der Waals surface area contributed by atoms with Gasteiger partial charge in [0.15, 0.2) is 0 Å². The van der Waals surface area contributed by atoms with Crippen LogP contribution in [-0.2, 0) is 0 Å². The van der Waals surface area contributed by atoms with Gasteiger partial charge in [-0.2, -0.15) is 5.26 Å². The van der Waals surface area contributed by atoms with Crippen LogP contribution < -0.4 is 10.2 Å². The van der Waals surface area contributed by atoms with Gasteiger partial charge in [0.2, 0.25) is 0 Å². The van der Waals surface area contributed by atoms with Crippen LogP contribution in [0.1, 0.15) is 13.3 Å². The lowest BCUT2D eigenvalue weighted by Crippen LogP contribution is -2.19. The number of benzene rings is 1. The first-order chi connectivity index (χ1) is 9.85. The Morgan fingerprint density at radius 2 is 1.95 bits per heavy atom. The number of nitriles is 1. The Hall–Kier alpha value is -2.54. The molecular weight excluding hydrogens is 248 g/mol. The Morgan fingerprint density at radius 3 is 2.65 bits per heavy atom. The maximum absolute atomic E-state index is 8.84. The van der Waals surface area contributed by atoms with Gasteiger partial charge in [-0.3, -0.25) is 0 Å². The molecule has 0 unspecified atom stereocenters. The molecule has 0 atom stereocenters. The molecule has 0 fully saturated rings. The molecule has 0 aliphatic heterocycles. The summed E-state index contributed by atoms with van der Waals surface area (Å²) >= 11 is 0. The molecule has 20 heavy (non-hydrogen) atoms. The predicted molar refractivity (Wildman–Crippen MR) is 82.1 cm³/mol. The third-order valence-corrected chi connectivity index (χ3v) is 2.88. The summed E-state index contributed by atoms with van der Waals surface area (Å²) in [6.45, 7) is 3.50. The second-order valence-corrected chi connectivity index (χ2v) is 4.31. The van der Waals surface area contributed by atoms with Crippen molar-refractivity contribution in [3.63, 3.8) is 0 Å². The van der Waals surface area contributed by atoms with Crippen molar-refractivity contribution in [3.05, 3.63) is 48.5 Å². The van der Waals surface area contributed by atoms with Crippen LogP contribution in [-0.4, -0.2) is 18.1 Å². The number of aromatic nitrogens is 1. The highest BCUT2D eigenvalue weighted by molar-refractivity contribution is 5.61. The minimum atomic E-state index is 0.460. The number of para-hydroxylation sites is 1. The lowest BCUT2D eigenvalue weighted by atomic mass is 10.2. The van der Waals surface area contributed by atoms with Crippen LogP contribution in [0.15, 0.2) is 48.5 Å². The van der Waals surface area contributed by atoms with Crippen LogP contribution >= 0.6 is 0 Å². The highest BCUT2D eigenvalue weighted by Crippen LogP contribution is 2.24. The molecule has 0 radical (unpaired) electrons. The highest BCUT2D eigenvalue weighted by atomic mass is 15.2. The van der Waals surface area contributed by atoms with E-state index < -0.39 is 0 Å². The summed E-state index contributed by atoms with van der Waals surface area (Å²) in [5, 5.41) is 12.0. The largest absolute Gasteiger partial charge is 0.370 e. The highest BCUT2D eigenvalue weighted by Gasteiger charge is 2.10. The molecule has 0 aliphatic rings. The molecule has 102 valence electrons. The van der Waals surface area contributed by atoms with E-state index >= 15 is 0 Å². The first kappa shape index (κ1) is 13.9. The van der Waals surface area contributed by atoms with Crippen molar-refractivity contribution in [2.75, 3.05) is 23.3 Å². The van der Waals surface area contributed by atoms with Gasteiger partial charge in [-0.1, -0.05) is 24.3 Å². The molecule has 1 N–H and O–H groups in total. The molecule has 1 aromatic heterocycles. The molecule has 1 aromatic carbocycles. The monoisotopic (exact) mass is 266 g/mol. The maximum atomic E-state index is 8.84. The number of hydrogen-bond donors (Lipinski definition) is 1. The normalized spacial score (nSPS) is 9.80. The summed E-state index contributed by atoms with van der Waals surface area (Å²) in [7, 11) is 0. The second-order valence-electron chi connectivity index (χ2n) is 4.31. The van der Waals surface area contributed by atoms with E-state index in [1.54, 1.807) is 0 Å². The van der Waals surface area contributed by atoms with Gasteiger partial charge >= 0.3 is 0 Å². The van der Waals surface area contributed by atoms with E-state index in [1.807, 2.05) is 55.5 Å². The molecule has 0 saturated carbocycles. The van der Waals surface area contributed by atoms with Gasteiger partial charge < -0.3 is 10.2 Å². The van der Waals surface area contributed by atoms with E-state index in [-0.39, 0.29) is 0 Å². The molecule has 0 amide bonds. The first-order valence-corrected chi connectivity index (χ1v) is 6.75. The smallest absolute Gasteiger partial charge is 0.135 e. The van der Waals surface area contributed by atoms with Crippen LogP contribution in [0, 0.1) is 11.3 Å². The van der Waals surface area contributed by atoms with Gasteiger partial charge in [0.05, 0.1) is 12.5 Å². The van der Waals surface area contributed by atoms with Gasteiger partial charge in [-0.15, -0.1) is 0 Å². The summed E-state index contributed by atoms with van der Waals surface area (Å²) in [6.07, 6.45) is 0.460. The number of anilines is 3. The molecule has 4 heteroatoms. The number of pyridine rings is 1. The molecule has 2 rings (SSSR count). The molecule has 0 saturated heterocycles. The van der Waals surface area contributed by atoms with Gasteiger partial charge in [-0.25, -0.2) is 4.98 Å². The summed E-state index contributed by atoms with van der Waals surface area (Å²) in [6, 6.07) is 18.1. The minimum Gasteiger partial charge on any atom is -0.370 e. The number of nitrogens with zero attached hydrogens (tertiary/aromatic N) is 3. The van der Waals surface area contributed by atoms with Crippen molar-refractivity contribution in [3.8, 4) is 6.07 Å². The second kappa shape index (κ2) is 7.15. The van der Waals surface area contributed by atoms with Crippen molar-refractivity contribution >= 4 is 17.3 Å². The maximum Gasteiger partial charge on any atom is 0.135 e. The van der Waals surface area contributed by atoms with Gasteiger partial charge in [0.25, 0.3) is 0 Å². The van der Waals surface area contributed by atoms with E-state index in [0.717, 1.165) is 23.9 Å². The van der Waals surface area contributed by atoms with Crippen molar-refractivity contribution in [2.24, 2.45) is 0 Å². The fourth-order valence-electron chi connectivity index (χ4n) is 2.00. The van der Waals surface area contributed by atoms with E-state index in [2.05, 4.69) is 21.3 Å². The average Bonchev–Trinajstić information content (AvgIpc) is 2.50. The van der Waals surface area contributed by atoms with Crippen LogP contribution in [0.25, 0.3) is 0 Å². The fraction of sp³-hybridized carbons (Fsp3) is 0.250. The molecule has 0 bridgehead atoms. The number of hydrogen-bond acceptors (Lipinski definition) is 4. The number of rotatable bonds is 6. The predicted octanol–water partition coefficient (Wildman–Crippen LogP) is 3.57. The zero-order chi connectivity index (χ0) is 14.2. The molecule has 2 aromatic rings. The Balaban J connectivity index is 2.31. The van der Waals surface area contributed by atoms with Gasteiger partial charge in [0.1, 0.15) is 11.6 Å². The zero-order valence-corrected chi connectivity index (χ0v) is 11.6. The third kappa shape index (κ3) is 3.48. The van der Waals surface area contributed by atoms with Crippen molar-refractivity contribution in [1.29, 1.82) is 5.26 Å². The Kier molecular flexibility index (Phi) is 4.96. The van der Waals surface area contributed by atoms with Crippen molar-refractivity contribution < 1.29 is 0 Å². The molecule has 4 nitrogen and oxygen atoms in total. The lowest BCUT2D eigenvalue weighted by molar-refractivity contribution is 0.926. The molecule has 0 aliphatic carbocycles. The van der Waals surface area contributed by atoms with Crippen molar-refractivity contribution in [2.45, 2.75) is 13.3 Å². The fourth-order valence-corrected chi connectivity index (χ4v) is 2.00. The standard InChI is InChI=1S/C16H18N4/c1-2-18-15-10-6-11-16(19-15)20(13-7-12-17)14-8-4-3-5-9-14/h3-6,8-11H,2,7,13H2,1H3,(H,18,19). The Labute approximate surface area is 119 Å². The Bertz CT molecular complexity index is 575. The minimum absolute atomic E-state index is 0.460. The number of nitrogens with one attached hydrogen (secondary N) is 1. The van der Waals surface area contributed by atoms with Gasteiger partial charge in [-0.05, 0) is 31.2 Å². The van der Waals surface area contributed by atoms with E-state index in [9.17, 15) is 0 Å². The zero-order valence-electron chi connectivity index (χ0n) is 11.6. The lowest BCUT2D eigenvalue weighted by Gasteiger charge is -2.23. The SMILES string of the molecule is CCNc1cccc(N(CCC#N)c2ccccc2)n1. The summed E-state index contributed by atoms with van der Waals surface area (Å²) in [5.74, 6) is 1.70. The summed E-state index contributed by atoms with van der Waals surface area (Å²) in [4.78, 5) is 6.66. The van der Waals surface area contributed by atoms with Crippen LogP contribution in [0.5, 0.6) is 0 Å². The summed E-state index contributed by atoms with van der Waals surface area (Å²) < 4.78 is 0. The van der Waals surface area contributed by atoms with E-state index in [4.69, 9.17) is 5.26 Å².